The second-order valence-corrected chi connectivity index (χ2v) is 7.46. The molecule has 0 aliphatic heterocycles. The number of imidazole rings is 1. The van der Waals surface area contributed by atoms with Gasteiger partial charge in [-0.25, -0.2) is 4.98 Å². The van der Waals surface area contributed by atoms with Gasteiger partial charge in [-0.1, -0.05) is 29.3 Å². The number of nitrogens with zero attached hydrogens (tertiary/aromatic N) is 2. The largest absolute Gasteiger partial charge is 0.456 e. The summed E-state index contributed by atoms with van der Waals surface area (Å²) in [5, 5.41) is 12.6. The van der Waals surface area contributed by atoms with E-state index in [0.717, 1.165) is 5.56 Å². The molecule has 3 aromatic rings. The van der Waals surface area contributed by atoms with Gasteiger partial charge in [-0.05, 0) is 58.7 Å². The predicted molar refractivity (Wildman–Crippen MR) is 110 cm³/mol. The fourth-order valence-corrected chi connectivity index (χ4v) is 3.37. The van der Waals surface area contributed by atoms with Crippen LogP contribution in [0.15, 0.2) is 41.0 Å². The van der Waals surface area contributed by atoms with Crippen LogP contribution in [0.5, 0.6) is 11.5 Å². The summed E-state index contributed by atoms with van der Waals surface area (Å²) in [6, 6.07) is 11.9. The highest BCUT2D eigenvalue weighted by Crippen LogP contribution is 2.32. The van der Waals surface area contributed by atoms with Crippen LogP contribution in [0.3, 0.4) is 0 Å². The van der Waals surface area contributed by atoms with E-state index in [2.05, 4.69) is 31.2 Å². The van der Waals surface area contributed by atoms with E-state index in [1.165, 1.54) is 6.07 Å². The van der Waals surface area contributed by atoms with E-state index in [0.29, 0.717) is 37.5 Å². The van der Waals surface area contributed by atoms with Crippen LogP contribution in [0.4, 0.5) is 0 Å². The van der Waals surface area contributed by atoms with Crippen molar-refractivity contribution in [1.29, 1.82) is 5.26 Å². The van der Waals surface area contributed by atoms with Crippen LogP contribution in [-0.4, -0.2) is 15.9 Å². The molecule has 1 amide bonds. The molecule has 1 aromatic heterocycles. The zero-order valence-corrected chi connectivity index (χ0v) is 17.6. The van der Waals surface area contributed by atoms with E-state index in [1.807, 2.05) is 6.07 Å². The number of hydrogen-bond donors (Lipinski definition) is 2. The molecule has 0 spiro atoms. The summed E-state index contributed by atoms with van der Waals surface area (Å²) in [4.78, 5) is 19.3. The standard InChI is InChI=1S/C19H13BrCl2N4O2/c1-10-25-17(18(20)26-10)19(27)24-9-11-2-3-15(22)16(6-11)28-14-5-12(8-23)4-13(21)7-14/h2-7H,9H2,1H3,(H,24,27)(H,25,26). The Morgan fingerprint density at radius 3 is 2.79 bits per heavy atom. The topological polar surface area (TPSA) is 90.8 Å². The van der Waals surface area contributed by atoms with Gasteiger partial charge in [0, 0.05) is 11.6 Å². The number of nitrogens with one attached hydrogen (secondary N) is 2. The Morgan fingerprint density at radius 2 is 2.11 bits per heavy atom. The molecule has 2 N–H and O–H groups in total. The van der Waals surface area contributed by atoms with Gasteiger partial charge >= 0.3 is 0 Å². The lowest BCUT2D eigenvalue weighted by molar-refractivity contribution is 0.0945. The number of rotatable bonds is 5. The molecule has 0 aliphatic carbocycles. The zero-order chi connectivity index (χ0) is 20.3. The second kappa shape index (κ2) is 8.65. The second-order valence-electron chi connectivity index (χ2n) is 5.82. The highest BCUT2D eigenvalue weighted by Gasteiger charge is 2.15. The first-order valence-corrected chi connectivity index (χ1v) is 9.58. The maximum Gasteiger partial charge on any atom is 0.272 e. The van der Waals surface area contributed by atoms with Crippen molar-refractivity contribution in [2.45, 2.75) is 13.5 Å². The van der Waals surface area contributed by atoms with Crippen molar-refractivity contribution >= 4 is 45.0 Å². The number of carbonyl (C=O) groups is 1. The fraction of sp³-hybridized carbons (Fsp3) is 0.105. The van der Waals surface area contributed by atoms with Crippen LogP contribution >= 0.6 is 39.1 Å². The molecule has 0 aliphatic rings. The quantitative estimate of drug-likeness (QED) is 0.513. The average Bonchev–Trinajstić information content (AvgIpc) is 2.99. The number of hydrogen-bond acceptors (Lipinski definition) is 4. The molecule has 0 fully saturated rings. The first-order valence-electron chi connectivity index (χ1n) is 8.03. The average molecular weight is 480 g/mol. The molecule has 0 saturated carbocycles. The number of amides is 1. The molecule has 3 rings (SSSR count). The monoisotopic (exact) mass is 478 g/mol. The zero-order valence-electron chi connectivity index (χ0n) is 14.5. The van der Waals surface area contributed by atoms with Gasteiger partial charge in [-0.2, -0.15) is 5.26 Å². The summed E-state index contributed by atoms with van der Waals surface area (Å²) in [5.74, 6) is 1.10. The Labute approximate surface area is 179 Å². The van der Waals surface area contributed by atoms with Crippen molar-refractivity contribution in [3.8, 4) is 17.6 Å². The van der Waals surface area contributed by atoms with Crippen LogP contribution in [0, 0.1) is 18.3 Å². The number of aromatic nitrogens is 2. The molecule has 6 nitrogen and oxygen atoms in total. The van der Waals surface area contributed by atoms with Crippen molar-refractivity contribution in [2.75, 3.05) is 0 Å². The number of halogens is 3. The van der Waals surface area contributed by atoms with E-state index < -0.39 is 0 Å². The lowest BCUT2D eigenvalue weighted by Gasteiger charge is -2.11. The molecular weight excluding hydrogens is 467 g/mol. The van der Waals surface area contributed by atoms with E-state index in [-0.39, 0.29) is 18.1 Å². The van der Waals surface area contributed by atoms with Crippen LogP contribution in [-0.2, 0) is 6.54 Å². The predicted octanol–water partition coefficient (Wildman–Crippen LogP) is 5.38. The van der Waals surface area contributed by atoms with Gasteiger partial charge < -0.3 is 15.0 Å². The number of nitriles is 1. The number of carbonyl (C=O) groups excluding carboxylic acids is 1. The van der Waals surface area contributed by atoms with Gasteiger partial charge in [0.2, 0.25) is 0 Å². The molecule has 1 heterocycles. The summed E-state index contributed by atoms with van der Waals surface area (Å²) in [6.45, 7) is 2.02. The Kier molecular flexibility index (Phi) is 6.25. The summed E-state index contributed by atoms with van der Waals surface area (Å²) in [5.41, 5.74) is 1.44. The minimum absolute atomic E-state index is 0.254. The van der Waals surface area contributed by atoms with Crippen molar-refractivity contribution in [3.05, 3.63) is 73.7 Å². The Bertz CT molecular complexity index is 1090. The van der Waals surface area contributed by atoms with E-state index >= 15 is 0 Å². The van der Waals surface area contributed by atoms with Gasteiger partial charge in [-0.15, -0.1) is 0 Å². The molecule has 0 atom stereocenters. The minimum Gasteiger partial charge on any atom is -0.456 e. The smallest absolute Gasteiger partial charge is 0.272 e. The normalized spacial score (nSPS) is 10.4. The molecule has 9 heteroatoms. The third kappa shape index (κ3) is 4.84. The van der Waals surface area contributed by atoms with Crippen LogP contribution in [0.2, 0.25) is 10.0 Å². The van der Waals surface area contributed by atoms with Crippen molar-refractivity contribution in [1.82, 2.24) is 15.3 Å². The highest BCUT2D eigenvalue weighted by molar-refractivity contribution is 9.10. The van der Waals surface area contributed by atoms with Crippen LogP contribution < -0.4 is 10.1 Å². The minimum atomic E-state index is -0.317. The first-order chi connectivity index (χ1) is 13.4. The molecule has 142 valence electrons. The molecule has 28 heavy (non-hydrogen) atoms. The molecule has 0 radical (unpaired) electrons. The van der Waals surface area contributed by atoms with E-state index in [4.69, 9.17) is 33.2 Å². The summed E-state index contributed by atoms with van der Waals surface area (Å²) in [7, 11) is 0. The summed E-state index contributed by atoms with van der Waals surface area (Å²) >= 11 is 15.5. The summed E-state index contributed by atoms with van der Waals surface area (Å²) < 4.78 is 6.31. The Morgan fingerprint density at radius 1 is 1.32 bits per heavy atom. The fourth-order valence-electron chi connectivity index (χ4n) is 2.43. The van der Waals surface area contributed by atoms with Crippen molar-refractivity contribution < 1.29 is 9.53 Å². The summed E-state index contributed by atoms with van der Waals surface area (Å²) in [6.07, 6.45) is 0. The third-order valence-electron chi connectivity index (χ3n) is 3.67. The third-order valence-corrected chi connectivity index (χ3v) is 4.77. The van der Waals surface area contributed by atoms with Gasteiger partial charge in [-0.3, -0.25) is 4.79 Å². The lowest BCUT2D eigenvalue weighted by atomic mass is 10.2. The maximum atomic E-state index is 12.3. The number of aromatic amines is 1. The lowest BCUT2D eigenvalue weighted by Crippen LogP contribution is -2.23. The van der Waals surface area contributed by atoms with Gasteiger partial charge in [0.15, 0.2) is 5.69 Å². The molecule has 0 bridgehead atoms. The first kappa shape index (κ1) is 20.2. The number of H-pyrrole nitrogens is 1. The SMILES string of the molecule is Cc1nc(C(=O)NCc2ccc(Cl)c(Oc3cc(Cl)cc(C#N)c3)c2)c(Br)[nH]1. The number of aryl methyl sites for hydroxylation is 1. The van der Waals surface area contributed by atoms with Crippen LogP contribution in [0.25, 0.3) is 0 Å². The van der Waals surface area contributed by atoms with Gasteiger partial charge in [0.1, 0.15) is 21.9 Å². The van der Waals surface area contributed by atoms with Gasteiger partial charge in [0.25, 0.3) is 5.91 Å². The van der Waals surface area contributed by atoms with E-state index in [1.54, 1.807) is 37.3 Å². The molecule has 2 aromatic carbocycles. The van der Waals surface area contributed by atoms with Crippen molar-refractivity contribution in [2.24, 2.45) is 0 Å². The van der Waals surface area contributed by atoms with E-state index in [9.17, 15) is 4.79 Å². The van der Waals surface area contributed by atoms with Gasteiger partial charge in [0.05, 0.1) is 16.7 Å². The van der Waals surface area contributed by atoms with Crippen LogP contribution in [0.1, 0.15) is 27.4 Å². The molecule has 0 saturated heterocycles. The highest BCUT2D eigenvalue weighted by atomic mass is 79.9. The maximum absolute atomic E-state index is 12.3. The number of ether oxygens (including phenoxy) is 1. The Balaban J connectivity index is 1.75. The molecular formula is C19H13BrCl2N4O2. The molecule has 0 unspecified atom stereocenters. The van der Waals surface area contributed by atoms with Crippen molar-refractivity contribution in [3.63, 3.8) is 0 Å². The Hall–Kier alpha value is -2.53. The number of benzene rings is 2.